The Kier molecular flexibility index (Phi) is 4.04. The fourth-order valence-electron chi connectivity index (χ4n) is 2.17. The largest absolute Gasteiger partial charge is 0.467 e. The van der Waals surface area contributed by atoms with Crippen LogP contribution in [-0.4, -0.2) is 23.0 Å². The molecule has 0 aliphatic rings. The summed E-state index contributed by atoms with van der Waals surface area (Å²) < 4.78 is 9.29. The van der Waals surface area contributed by atoms with Gasteiger partial charge in [-0.05, 0) is 37.0 Å². The molecule has 2 aromatic rings. The first-order chi connectivity index (χ1) is 9.10. The molecular formula is C14H18N2O2S. The average Bonchev–Trinajstić information content (AvgIpc) is 2.81. The van der Waals surface area contributed by atoms with Gasteiger partial charge in [-0.2, -0.15) is 4.37 Å². The molecule has 102 valence electrons. The number of ether oxygens (including phenoxy) is 1. The second-order valence-corrected chi connectivity index (χ2v) is 5.50. The van der Waals surface area contributed by atoms with E-state index in [0.29, 0.717) is 6.42 Å². The number of rotatable bonds is 5. The Bertz CT molecular complexity index is 582. The zero-order valence-electron chi connectivity index (χ0n) is 11.4. The monoisotopic (exact) mass is 278 g/mol. The molecule has 1 unspecified atom stereocenters. The summed E-state index contributed by atoms with van der Waals surface area (Å²) in [6.45, 7) is 3.92. The van der Waals surface area contributed by atoms with Crippen LogP contribution >= 0.6 is 11.5 Å². The highest BCUT2D eigenvalue weighted by Crippen LogP contribution is 2.31. The third-order valence-corrected chi connectivity index (χ3v) is 3.95. The van der Waals surface area contributed by atoms with E-state index in [9.17, 15) is 4.79 Å². The minimum absolute atomic E-state index is 0.244. The minimum atomic E-state index is -0.710. The molecule has 4 nitrogen and oxygen atoms in total. The fourth-order valence-corrected chi connectivity index (χ4v) is 3.06. The maximum atomic E-state index is 12.0. The van der Waals surface area contributed by atoms with Gasteiger partial charge in [-0.3, -0.25) is 0 Å². The Morgan fingerprint density at radius 2 is 2.21 bits per heavy atom. The van der Waals surface area contributed by atoms with Crippen molar-refractivity contribution in [3.05, 3.63) is 24.3 Å². The summed E-state index contributed by atoms with van der Waals surface area (Å²) in [6.07, 6.45) is 1.61. The molecule has 0 aliphatic carbocycles. The lowest BCUT2D eigenvalue weighted by molar-refractivity contribution is -0.145. The van der Waals surface area contributed by atoms with Crippen LogP contribution in [0.25, 0.3) is 10.9 Å². The molecular weight excluding hydrogens is 260 g/mol. The van der Waals surface area contributed by atoms with Crippen LogP contribution in [0.5, 0.6) is 0 Å². The van der Waals surface area contributed by atoms with Gasteiger partial charge in [-0.1, -0.05) is 25.5 Å². The standard InChI is InChI=1S/C14H18N2O2S/c1-4-9-14(2,13(17)18-3)15-12-10-7-5-6-8-11(10)16-19-12/h5-8,15H,4,9H2,1-3H3. The molecule has 0 bridgehead atoms. The van der Waals surface area contributed by atoms with Gasteiger partial charge in [0.05, 0.1) is 12.6 Å². The first-order valence-corrected chi connectivity index (χ1v) is 7.09. The van der Waals surface area contributed by atoms with E-state index in [0.717, 1.165) is 22.3 Å². The van der Waals surface area contributed by atoms with Gasteiger partial charge in [0, 0.05) is 5.39 Å². The molecule has 5 heteroatoms. The van der Waals surface area contributed by atoms with E-state index in [2.05, 4.69) is 9.69 Å². The lowest BCUT2D eigenvalue weighted by Gasteiger charge is -2.27. The van der Waals surface area contributed by atoms with Gasteiger partial charge in [0.2, 0.25) is 0 Å². The number of esters is 1. The van der Waals surface area contributed by atoms with Crippen LogP contribution in [0.2, 0.25) is 0 Å². The number of nitrogens with zero attached hydrogens (tertiary/aromatic N) is 1. The quantitative estimate of drug-likeness (QED) is 0.851. The second-order valence-electron chi connectivity index (χ2n) is 4.73. The molecule has 2 rings (SSSR count). The maximum Gasteiger partial charge on any atom is 0.331 e. The molecule has 0 saturated heterocycles. The van der Waals surface area contributed by atoms with Crippen molar-refractivity contribution in [3.8, 4) is 0 Å². The minimum Gasteiger partial charge on any atom is -0.467 e. The van der Waals surface area contributed by atoms with Gasteiger partial charge in [0.1, 0.15) is 10.5 Å². The number of carbonyl (C=O) groups is 1. The van der Waals surface area contributed by atoms with Crippen LogP contribution in [0, 0.1) is 0 Å². The smallest absolute Gasteiger partial charge is 0.331 e. The first kappa shape index (κ1) is 13.8. The number of methoxy groups -OCH3 is 1. The molecule has 19 heavy (non-hydrogen) atoms. The Morgan fingerprint density at radius 1 is 1.47 bits per heavy atom. The molecule has 0 amide bonds. The van der Waals surface area contributed by atoms with Crippen LogP contribution in [0.1, 0.15) is 26.7 Å². The van der Waals surface area contributed by atoms with Crippen LogP contribution in [0.4, 0.5) is 5.00 Å². The molecule has 0 fully saturated rings. The highest BCUT2D eigenvalue weighted by molar-refractivity contribution is 7.11. The van der Waals surface area contributed by atoms with Gasteiger partial charge in [0.25, 0.3) is 0 Å². The van der Waals surface area contributed by atoms with Crippen molar-refractivity contribution >= 4 is 33.4 Å². The van der Waals surface area contributed by atoms with Crippen molar-refractivity contribution in [1.29, 1.82) is 0 Å². The summed E-state index contributed by atoms with van der Waals surface area (Å²) in [5.41, 5.74) is 0.234. The van der Waals surface area contributed by atoms with E-state index in [-0.39, 0.29) is 5.97 Å². The van der Waals surface area contributed by atoms with Crippen molar-refractivity contribution < 1.29 is 9.53 Å². The summed E-state index contributed by atoms with van der Waals surface area (Å²) in [5, 5.41) is 5.27. The molecule has 0 spiro atoms. The fraction of sp³-hybridized carbons (Fsp3) is 0.429. The van der Waals surface area contributed by atoms with E-state index in [1.165, 1.54) is 18.6 Å². The molecule has 1 N–H and O–H groups in total. The highest BCUT2D eigenvalue weighted by atomic mass is 32.1. The van der Waals surface area contributed by atoms with Crippen molar-refractivity contribution in [1.82, 2.24) is 4.37 Å². The van der Waals surface area contributed by atoms with Gasteiger partial charge in [-0.15, -0.1) is 0 Å². The lowest BCUT2D eigenvalue weighted by Crippen LogP contribution is -2.44. The van der Waals surface area contributed by atoms with Gasteiger partial charge < -0.3 is 10.1 Å². The van der Waals surface area contributed by atoms with Gasteiger partial charge in [-0.25, -0.2) is 4.79 Å². The van der Waals surface area contributed by atoms with Crippen molar-refractivity contribution in [2.75, 3.05) is 12.4 Å². The average molecular weight is 278 g/mol. The van der Waals surface area contributed by atoms with Crippen LogP contribution < -0.4 is 5.32 Å². The van der Waals surface area contributed by atoms with Crippen LogP contribution in [-0.2, 0) is 9.53 Å². The SMILES string of the molecule is CCCC(C)(Nc1snc2ccccc12)C(=O)OC. The zero-order chi connectivity index (χ0) is 13.9. The third kappa shape index (κ3) is 2.71. The highest BCUT2D eigenvalue weighted by Gasteiger charge is 2.34. The summed E-state index contributed by atoms with van der Waals surface area (Å²) >= 11 is 1.37. The number of benzene rings is 1. The molecule has 0 aliphatic heterocycles. The number of fused-ring (bicyclic) bond motifs is 1. The van der Waals surface area contributed by atoms with Crippen LogP contribution in [0.3, 0.4) is 0 Å². The van der Waals surface area contributed by atoms with Crippen molar-refractivity contribution in [2.24, 2.45) is 0 Å². The first-order valence-electron chi connectivity index (χ1n) is 6.31. The summed E-state index contributed by atoms with van der Waals surface area (Å²) in [4.78, 5) is 12.0. The number of nitrogens with one attached hydrogen (secondary N) is 1. The Hall–Kier alpha value is -1.62. The Balaban J connectivity index is 2.33. The van der Waals surface area contributed by atoms with Gasteiger partial charge in [0.15, 0.2) is 0 Å². The van der Waals surface area contributed by atoms with Gasteiger partial charge >= 0.3 is 5.97 Å². The van der Waals surface area contributed by atoms with Crippen molar-refractivity contribution in [2.45, 2.75) is 32.2 Å². The predicted molar refractivity (Wildman–Crippen MR) is 78.6 cm³/mol. The van der Waals surface area contributed by atoms with E-state index < -0.39 is 5.54 Å². The second kappa shape index (κ2) is 5.57. The molecule has 0 saturated carbocycles. The van der Waals surface area contributed by atoms with E-state index in [4.69, 9.17) is 4.74 Å². The number of anilines is 1. The third-order valence-electron chi connectivity index (χ3n) is 3.16. The van der Waals surface area contributed by atoms with E-state index in [1.807, 2.05) is 38.1 Å². The number of hydrogen-bond donors (Lipinski definition) is 1. The van der Waals surface area contributed by atoms with E-state index in [1.54, 1.807) is 0 Å². The summed E-state index contributed by atoms with van der Waals surface area (Å²) in [6, 6.07) is 7.89. The predicted octanol–water partition coefficient (Wildman–Crippen LogP) is 3.44. The molecule has 1 aromatic heterocycles. The maximum absolute atomic E-state index is 12.0. The molecule has 1 atom stereocenters. The Labute approximate surface area is 116 Å². The number of carbonyl (C=O) groups excluding carboxylic acids is 1. The van der Waals surface area contributed by atoms with E-state index >= 15 is 0 Å². The summed E-state index contributed by atoms with van der Waals surface area (Å²) in [5.74, 6) is -0.244. The molecule has 1 heterocycles. The number of hydrogen-bond acceptors (Lipinski definition) is 5. The number of aromatic nitrogens is 1. The lowest BCUT2D eigenvalue weighted by atomic mass is 9.96. The molecule has 0 radical (unpaired) electrons. The Morgan fingerprint density at radius 3 is 2.89 bits per heavy atom. The molecule has 1 aromatic carbocycles. The van der Waals surface area contributed by atoms with Crippen molar-refractivity contribution in [3.63, 3.8) is 0 Å². The van der Waals surface area contributed by atoms with Crippen LogP contribution in [0.15, 0.2) is 24.3 Å². The zero-order valence-corrected chi connectivity index (χ0v) is 12.2. The topological polar surface area (TPSA) is 51.2 Å². The summed E-state index contributed by atoms with van der Waals surface area (Å²) in [7, 11) is 1.42. The normalized spacial score (nSPS) is 14.1.